The van der Waals surface area contributed by atoms with Gasteiger partial charge in [-0.1, -0.05) is 42.5 Å². The normalized spacial score (nSPS) is 33.7. The third-order valence-electron chi connectivity index (χ3n) is 4.50. The second-order valence-electron chi connectivity index (χ2n) is 5.46. The number of hydrogen-bond acceptors (Lipinski definition) is 4. The van der Waals surface area contributed by atoms with Gasteiger partial charge in [0.1, 0.15) is 23.9 Å². The van der Waals surface area contributed by atoms with Crippen molar-refractivity contribution < 1.29 is 20.4 Å². The van der Waals surface area contributed by atoms with Crippen LogP contribution in [-0.2, 0) is 5.60 Å². The Kier molecular flexibility index (Phi) is 2.22. The van der Waals surface area contributed by atoms with Gasteiger partial charge in [0.05, 0.1) is 0 Å². The van der Waals surface area contributed by atoms with E-state index >= 15 is 0 Å². The third-order valence-corrected chi connectivity index (χ3v) is 4.50. The molecule has 0 amide bonds. The van der Waals surface area contributed by atoms with Crippen molar-refractivity contribution in [2.24, 2.45) is 0 Å². The molecule has 102 valence electrons. The van der Waals surface area contributed by atoms with Crippen LogP contribution >= 0.6 is 0 Å². The Morgan fingerprint density at radius 1 is 0.850 bits per heavy atom. The second-order valence-corrected chi connectivity index (χ2v) is 5.46. The molecule has 4 atom stereocenters. The minimum atomic E-state index is -1.67. The summed E-state index contributed by atoms with van der Waals surface area (Å²) in [5, 5.41) is 41.6. The molecule has 4 heteroatoms. The van der Waals surface area contributed by atoms with Crippen LogP contribution in [0.25, 0.3) is 11.1 Å². The van der Waals surface area contributed by atoms with Crippen LogP contribution in [0, 0.1) is 0 Å². The fourth-order valence-corrected chi connectivity index (χ4v) is 3.56. The smallest absolute Gasteiger partial charge is 0.145 e. The average molecular weight is 270 g/mol. The molecule has 0 unspecified atom stereocenters. The van der Waals surface area contributed by atoms with Crippen molar-refractivity contribution in [3.63, 3.8) is 0 Å². The molecule has 2 aromatic carbocycles. The van der Waals surface area contributed by atoms with Crippen LogP contribution in [-0.4, -0.2) is 32.6 Å². The zero-order valence-corrected chi connectivity index (χ0v) is 10.6. The molecular formula is C16H14O4. The lowest BCUT2D eigenvalue weighted by Gasteiger charge is -2.41. The van der Waals surface area contributed by atoms with E-state index in [1.54, 1.807) is 24.3 Å². The summed E-state index contributed by atoms with van der Waals surface area (Å²) in [5.41, 5.74) is 1.51. The van der Waals surface area contributed by atoms with E-state index in [1.165, 1.54) is 0 Å². The number of rotatable bonds is 0. The Labute approximate surface area is 115 Å². The van der Waals surface area contributed by atoms with Crippen LogP contribution in [0.1, 0.15) is 22.8 Å². The predicted molar refractivity (Wildman–Crippen MR) is 71.9 cm³/mol. The Hall–Kier alpha value is -1.72. The average Bonchev–Trinajstić information content (AvgIpc) is 2.75. The monoisotopic (exact) mass is 270 g/mol. The first-order valence-corrected chi connectivity index (χ1v) is 6.56. The first kappa shape index (κ1) is 12.1. The van der Waals surface area contributed by atoms with E-state index in [0.29, 0.717) is 16.7 Å². The third kappa shape index (κ3) is 1.16. The zero-order valence-electron chi connectivity index (χ0n) is 10.6. The number of aliphatic hydroxyl groups is 4. The molecule has 0 aromatic heterocycles. The molecule has 4 N–H and O–H groups in total. The summed E-state index contributed by atoms with van der Waals surface area (Å²) in [4.78, 5) is 0. The molecule has 4 nitrogen and oxygen atoms in total. The van der Waals surface area contributed by atoms with Crippen LogP contribution in [0.5, 0.6) is 0 Å². The molecule has 0 spiro atoms. The Morgan fingerprint density at radius 2 is 1.55 bits per heavy atom. The van der Waals surface area contributed by atoms with Crippen molar-refractivity contribution >= 4 is 0 Å². The Balaban J connectivity index is 2.15. The van der Waals surface area contributed by atoms with Crippen LogP contribution in [0.15, 0.2) is 42.5 Å². The molecule has 0 fully saturated rings. The lowest BCUT2D eigenvalue weighted by atomic mass is 9.73. The van der Waals surface area contributed by atoms with E-state index in [1.807, 2.05) is 18.2 Å². The maximum absolute atomic E-state index is 11.1. The molecule has 0 radical (unpaired) electrons. The van der Waals surface area contributed by atoms with Gasteiger partial charge in [-0.2, -0.15) is 0 Å². The lowest BCUT2D eigenvalue weighted by Crippen LogP contribution is -2.52. The summed E-state index contributed by atoms with van der Waals surface area (Å²) in [5.74, 6) is 0. The SMILES string of the molecule is O[C@H]1[C@H](O)c2cccc3c2[C@](O)(c2ccccc2-3)[C@@H]1O. The van der Waals surface area contributed by atoms with E-state index in [0.717, 1.165) is 11.1 Å². The fourth-order valence-electron chi connectivity index (χ4n) is 3.56. The van der Waals surface area contributed by atoms with Gasteiger partial charge in [0.15, 0.2) is 0 Å². The van der Waals surface area contributed by atoms with Gasteiger partial charge in [0.25, 0.3) is 0 Å². The maximum Gasteiger partial charge on any atom is 0.145 e. The summed E-state index contributed by atoms with van der Waals surface area (Å²) in [7, 11) is 0. The standard InChI is InChI=1S/C16H14O4/c17-13-10-6-3-5-9-8-4-1-2-7-11(8)16(20,12(9)10)15(19)14(13)18/h1-7,13-15,17-20H/t13-,14+,15-,16-/m1/s1. The van der Waals surface area contributed by atoms with E-state index in [9.17, 15) is 20.4 Å². The van der Waals surface area contributed by atoms with Crippen molar-refractivity contribution in [1.82, 2.24) is 0 Å². The first-order chi connectivity index (χ1) is 9.56. The first-order valence-electron chi connectivity index (χ1n) is 6.56. The van der Waals surface area contributed by atoms with Crippen LogP contribution in [0.2, 0.25) is 0 Å². The number of fused-ring (bicyclic) bond motifs is 3. The molecule has 0 bridgehead atoms. The van der Waals surface area contributed by atoms with Crippen LogP contribution in [0.4, 0.5) is 0 Å². The predicted octanol–water partition coefficient (Wildman–Crippen LogP) is 0.672. The summed E-state index contributed by atoms with van der Waals surface area (Å²) < 4.78 is 0. The van der Waals surface area contributed by atoms with Gasteiger partial charge in [-0.15, -0.1) is 0 Å². The Bertz CT molecular complexity index is 711. The second kappa shape index (κ2) is 3.68. The molecule has 0 saturated heterocycles. The van der Waals surface area contributed by atoms with E-state index in [4.69, 9.17) is 0 Å². The summed E-state index contributed by atoms with van der Waals surface area (Å²) in [6.07, 6.45) is -4.08. The number of aliphatic hydroxyl groups excluding tert-OH is 3. The highest BCUT2D eigenvalue weighted by atomic mass is 16.4. The molecule has 2 aromatic rings. The molecule has 2 aliphatic rings. The molecular weight excluding hydrogens is 256 g/mol. The molecule has 4 rings (SSSR count). The van der Waals surface area contributed by atoms with Crippen molar-refractivity contribution in [3.8, 4) is 11.1 Å². The highest BCUT2D eigenvalue weighted by Gasteiger charge is 2.56. The van der Waals surface area contributed by atoms with Gasteiger partial charge in [0, 0.05) is 5.56 Å². The van der Waals surface area contributed by atoms with Crippen molar-refractivity contribution in [3.05, 3.63) is 59.2 Å². The largest absolute Gasteiger partial charge is 0.387 e. The van der Waals surface area contributed by atoms with E-state index in [2.05, 4.69) is 0 Å². The maximum atomic E-state index is 11.1. The van der Waals surface area contributed by atoms with Gasteiger partial charge < -0.3 is 20.4 Å². The van der Waals surface area contributed by atoms with Crippen molar-refractivity contribution in [2.75, 3.05) is 0 Å². The summed E-state index contributed by atoms with van der Waals surface area (Å²) in [6.45, 7) is 0. The minimum absolute atomic E-state index is 0.471. The molecule has 0 saturated carbocycles. The topological polar surface area (TPSA) is 80.9 Å². The fraction of sp³-hybridized carbons (Fsp3) is 0.250. The quantitative estimate of drug-likeness (QED) is 0.567. The highest BCUT2D eigenvalue weighted by Crippen LogP contribution is 2.55. The minimum Gasteiger partial charge on any atom is -0.387 e. The van der Waals surface area contributed by atoms with E-state index in [-0.39, 0.29) is 0 Å². The molecule has 0 heterocycles. The summed E-state index contributed by atoms with van der Waals surface area (Å²) in [6, 6.07) is 12.6. The van der Waals surface area contributed by atoms with Crippen molar-refractivity contribution in [2.45, 2.75) is 23.9 Å². The lowest BCUT2D eigenvalue weighted by molar-refractivity contribution is -0.152. The number of hydrogen-bond donors (Lipinski definition) is 4. The van der Waals surface area contributed by atoms with Crippen molar-refractivity contribution in [1.29, 1.82) is 0 Å². The highest BCUT2D eigenvalue weighted by molar-refractivity contribution is 5.82. The van der Waals surface area contributed by atoms with E-state index < -0.39 is 23.9 Å². The van der Waals surface area contributed by atoms with Gasteiger partial charge in [0.2, 0.25) is 0 Å². The summed E-state index contributed by atoms with van der Waals surface area (Å²) >= 11 is 0. The van der Waals surface area contributed by atoms with Crippen LogP contribution in [0.3, 0.4) is 0 Å². The molecule has 20 heavy (non-hydrogen) atoms. The molecule has 2 aliphatic carbocycles. The molecule has 0 aliphatic heterocycles. The number of benzene rings is 2. The van der Waals surface area contributed by atoms with Gasteiger partial charge in [-0.05, 0) is 22.3 Å². The Morgan fingerprint density at radius 3 is 2.35 bits per heavy atom. The van der Waals surface area contributed by atoms with Gasteiger partial charge in [-0.3, -0.25) is 0 Å². The van der Waals surface area contributed by atoms with Gasteiger partial charge >= 0.3 is 0 Å². The van der Waals surface area contributed by atoms with Crippen LogP contribution < -0.4 is 0 Å². The van der Waals surface area contributed by atoms with Gasteiger partial charge in [-0.25, -0.2) is 0 Å². The zero-order chi connectivity index (χ0) is 14.1.